The molecule has 3 heterocycles. The number of nitrogens with zero attached hydrogens (tertiary/aromatic N) is 5. The molecule has 7 nitrogen and oxygen atoms in total. The quantitative estimate of drug-likeness (QED) is 0.773. The van der Waals surface area contributed by atoms with E-state index in [4.69, 9.17) is 0 Å². The van der Waals surface area contributed by atoms with Crippen molar-refractivity contribution in [2.75, 3.05) is 26.2 Å². The van der Waals surface area contributed by atoms with Crippen LogP contribution in [0.3, 0.4) is 0 Å². The molecule has 2 amide bonds. The van der Waals surface area contributed by atoms with E-state index >= 15 is 0 Å². The van der Waals surface area contributed by atoms with Crippen LogP contribution in [-0.2, 0) is 29.5 Å². The summed E-state index contributed by atoms with van der Waals surface area (Å²) >= 11 is 0. The van der Waals surface area contributed by atoms with Crippen molar-refractivity contribution in [2.45, 2.75) is 32.1 Å². The fraction of sp³-hybridized carbons (Fsp3) is 0.500. The van der Waals surface area contributed by atoms with Gasteiger partial charge in [0.1, 0.15) is 0 Å². The molecule has 1 saturated heterocycles. The number of rotatable bonds is 6. The van der Waals surface area contributed by atoms with Gasteiger partial charge >= 0.3 is 0 Å². The molecule has 0 unspecified atom stereocenters. The van der Waals surface area contributed by atoms with Gasteiger partial charge in [-0.3, -0.25) is 19.3 Å². The second kappa shape index (κ2) is 9.30. The van der Waals surface area contributed by atoms with Gasteiger partial charge in [0.15, 0.2) is 0 Å². The molecule has 0 bridgehead atoms. The summed E-state index contributed by atoms with van der Waals surface area (Å²) in [5.74, 6) is 0.309. The lowest BCUT2D eigenvalue weighted by Gasteiger charge is -2.22. The van der Waals surface area contributed by atoms with Crippen molar-refractivity contribution in [2.24, 2.45) is 7.05 Å². The zero-order valence-electron chi connectivity index (χ0n) is 15.9. The molecule has 0 atom stereocenters. The van der Waals surface area contributed by atoms with Crippen LogP contribution in [0.1, 0.15) is 30.5 Å². The van der Waals surface area contributed by atoms with E-state index in [2.05, 4.69) is 10.1 Å². The second-order valence-corrected chi connectivity index (χ2v) is 6.92. The minimum Gasteiger partial charge on any atom is -0.341 e. The molecule has 0 spiro atoms. The van der Waals surface area contributed by atoms with Crippen LogP contribution >= 0.6 is 0 Å². The van der Waals surface area contributed by atoms with Gasteiger partial charge in [0, 0.05) is 70.4 Å². The monoisotopic (exact) mass is 369 g/mol. The summed E-state index contributed by atoms with van der Waals surface area (Å²) in [5.41, 5.74) is 2.14. The van der Waals surface area contributed by atoms with E-state index in [0.717, 1.165) is 30.8 Å². The highest BCUT2D eigenvalue weighted by Crippen LogP contribution is 2.10. The Kier molecular flexibility index (Phi) is 6.57. The molecular formula is C20H27N5O2. The van der Waals surface area contributed by atoms with Gasteiger partial charge in [0.05, 0.1) is 0 Å². The zero-order chi connectivity index (χ0) is 19.1. The van der Waals surface area contributed by atoms with Crippen molar-refractivity contribution in [3.05, 3.63) is 48.0 Å². The summed E-state index contributed by atoms with van der Waals surface area (Å²) in [7, 11) is 1.89. The maximum atomic E-state index is 12.5. The molecular weight excluding hydrogens is 342 g/mol. The zero-order valence-corrected chi connectivity index (χ0v) is 15.9. The normalized spacial score (nSPS) is 14.9. The van der Waals surface area contributed by atoms with Crippen molar-refractivity contribution < 1.29 is 9.59 Å². The van der Waals surface area contributed by atoms with Gasteiger partial charge < -0.3 is 9.80 Å². The van der Waals surface area contributed by atoms with E-state index in [1.807, 2.05) is 35.0 Å². The lowest BCUT2D eigenvalue weighted by atomic mass is 10.1. The largest absolute Gasteiger partial charge is 0.341 e. The Hall–Kier alpha value is -2.70. The number of aryl methyl sites for hydroxylation is 3. The van der Waals surface area contributed by atoms with Crippen LogP contribution in [0.15, 0.2) is 36.8 Å². The SMILES string of the molecule is Cn1nccc1CCC(=O)N1CCCN(C(=O)CCc2cccnc2)CC1. The molecule has 1 aliphatic rings. The lowest BCUT2D eigenvalue weighted by Crippen LogP contribution is -2.37. The van der Waals surface area contributed by atoms with E-state index in [9.17, 15) is 9.59 Å². The Morgan fingerprint density at radius 1 is 0.963 bits per heavy atom. The summed E-state index contributed by atoms with van der Waals surface area (Å²) in [6.07, 6.45) is 8.49. The van der Waals surface area contributed by atoms with Crippen molar-refractivity contribution in [3.63, 3.8) is 0 Å². The van der Waals surface area contributed by atoms with Gasteiger partial charge in [-0.05, 0) is 37.0 Å². The molecule has 144 valence electrons. The van der Waals surface area contributed by atoms with Crippen LogP contribution in [0.5, 0.6) is 0 Å². The first-order valence-electron chi connectivity index (χ1n) is 9.55. The molecule has 3 rings (SSSR count). The molecule has 7 heteroatoms. The summed E-state index contributed by atoms with van der Waals surface area (Å²) in [4.78, 5) is 32.9. The molecule has 0 radical (unpaired) electrons. The standard InChI is InChI=1S/C20H27N5O2/c1-23-18(9-11-22-23)6-8-20(27)25-13-3-12-24(14-15-25)19(26)7-5-17-4-2-10-21-16-17/h2,4,9-11,16H,3,5-8,12-15H2,1H3. The van der Waals surface area contributed by atoms with Crippen LogP contribution in [0, 0.1) is 0 Å². The van der Waals surface area contributed by atoms with Gasteiger partial charge in [-0.2, -0.15) is 5.10 Å². The first-order chi connectivity index (χ1) is 13.1. The van der Waals surface area contributed by atoms with E-state index in [1.54, 1.807) is 23.3 Å². The fourth-order valence-electron chi connectivity index (χ4n) is 3.41. The van der Waals surface area contributed by atoms with Crippen molar-refractivity contribution >= 4 is 11.8 Å². The Morgan fingerprint density at radius 2 is 1.67 bits per heavy atom. The predicted octanol–water partition coefficient (Wildman–Crippen LogP) is 1.44. The van der Waals surface area contributed by atoms with Crippen LogP contribution in [0.2, 0.25) is 0 Å². The number of hydrogen-bond acceptors (Lipinski definition) is 4. The fourth-order valence-corrected chi connectivity index (χ4v) is 3.41. The third-order valence-corrected chi connectivity index (χ3v) is 5.07. The van der Waals surface area contributed by atoms with Crippen molar-refractivity contribution in [3.8, 4) is 0 Å². The number of carbonyl (C=O) groups excluding carboxylic acids is 2. The average Bonchev–Trinajstić information content (AvgIpc) is 2.94. The Morgan fingerprint density at radius 3 is 2.26 bits per heavy atom. The second-order valence-electron chi connectivity index (χ2n) is 6.92. The van der Waals surface area contributed by atoms with Crippen LogP contribution < -0.4 is 0 Å². The highest BCUT2D eigenvalue weighted by molar-refractivity contribution is 5.78. The van der Waals surface area contributed by atoms with Gasteiger partial charge in [-0.25, -0.2) is 0 Å². The molecule has 2 aromatic heterocycles. The third-order valence-electron chi connectivity index (χ3n) is 5.07. The maximum Gasteiger partial charge on any atom is 0.223 e. The summed E-state index contributed by atoms with van der Waals surface area (Å²) in [5, 5.41) is 4.13. The maximum absolute atomic E-state index is 12.5. The Labute approximate surface area is 160 Å². The van der Waals surface area contributed by atoms with Crippen LogP contribution in [0.4, 0.5) is 0 Å². The third kappa shape index (κ3) is 5.39. The summed E-state index contributed by atoms with van der Waals surface area (Å²) in [6.45, 7) is 2.67. The number of hydrogen-bond donors (Lipinski definition) is 0. The van der Waals surface area contributed by atoms with E-state index < -0.39 is 0 Å². The average molecular weight is 369 g/mol. The molecule has 1 aliphatic heterocycles. The van der Waals surface area contributed by atoms with Crippen molar-refractivity contribution in [1.29, 1.82) is 0 Å². The molecule has 1 fully saturated rings. The van der Waals surface area contributed by atoms with E-state index in [0.29, 0.717) is 38.8 Å². The lowest BCUT2D eigenvalue weighted by molar-refractivity contribution is -0.133. The molecule has 0 aromatic carbocycles. The van der Waals surface area contributed by atoms with E-state index in [1.165, 1.54) is 0 Å². The minimum absolute atomic E-state index is 0.154. The number of pyridine rings is 1. The summed E-state index contributed by atoms with van der Waals surface area (Å²) < 4.78 is 1.80. The molecule has 0 saturated carbocycles. The Balaban J connectivity index is 1.44. The predicted molar refractivity (Wildman–Crippen MR) is 102 cm³/mol. The molecule has 0 N–H and O–H groups in total. The first kappa shape index (κ1) is 19.1. The van der Waals surface area contributed by atoms with Gasteiger partial charge in [-0.1, -0.05) is 6.07 Å². The highest BCUT2D eigenvalue weighted by atomic mass is 16.2. The first-order valence-corrected chi connectivity index (χ1v) is 9.55. The highest BCUT2D eigenvalue weighted by Gasteiger charge is 2.21. The van der Waals surface area contributed by atoms with Crippen LogP contribution in [0.25, 0.3) is 0 Å². The van der Waals surface area contributed by atoms with Crippen LogP contribution in [-0.4, -0.2) is 62.6 Å². The van der Waals surface area contributed by atoms with Gasteiger partial charge in [0.25, 0.3) is 0 Å². The minimum atomic E-state index is 0.154. The summed E-state index contributed by atoms with van der Waals surface area (Å²) in [6, 6.07) is 5.82. The number of carbonyl (C=O) groups is 2. The smallest absolute Gasteiger partial charge is 0.223 e. The number of amides is 2. The topological polar surface area (TPSA) is 71.3 Å². The number of aromatic nitrogens is 3. The Bertz CT molecular complexity index is 759. The van der Waals surface area contributed by atoms with E-state index in [-0.39, 0.29) is 11.8 Å². The molecule has 2 aromatic rings. The van der Waals surface area contributed by atoms with Gasteiger partial charge in [-0.15, -0.1) is 0 Å². The van der Waals surface area contributed by atoms with Gasteiger partial charge in [0.2, 0.25) is 11.8 Å². The van der Waals surface area contributed by atoms with Crippen molar-refractivity contribution in [1.82, 2.24) is 24.6 Å². The molecule has 0 aliphatic carbocycles. The molecule has 27 heavy (non-hydrogen) atoms.